The maximum atomic E-state index is 9.51. The minimum absolute atomic E-state index is 0.602. The van der Waals surface area contributed by atoms with Gasteiger partial charge in [-0.3, -0.25) is 0 Å². The normalized spacial score (nSPS) is 34.3. The highest BCUT2D eigenvalue weighted by Crippen LogP contribution is 2.23. The summed E-state index contributed by atoms with van der Waals surface area (Å²) in [6.07, 6.45) is 8.27. The molecule has 1 heteroatoms. The summed E-state index contributed by atoms with van der Waals surface area (Å²) in [6.45, 7) is 3.57. The van der Waals surface area contributed by atoms with Crippen LogP contribution in [0.4, 0.5) is 0 Å². The highest BCUT2D eigenvalue weighted by Gasteiger charge is 2.21. The van der Waals surface area contributed by atoms with E-state index in [1.807, 2.05) is 6.08 Å². The maximum absolute atomic E-state index is 9.51. The fourth-order valence-corrected chi connectivity index (χ4v) is 1.03. The van der Waals surface area contributed by atoms with Gasteiger partial charge in [0.25, 0.3) is 0 Å². The van der Waals surface area contributed by atoms with Gasteiger partial charge in [-0.05, 0) is 19.3 Å². The molecule has 9 heavy (non-hydrogen) atoms. The Labute approximate surface area is 55.7 Å². The summed E-state index contributed by atoms with van der Waals surface area (Å²) in [7, 11) is 0. The smallest absolute Gasteiger partial charge is 0.0862 e. The third-order valence-corrected chi connectivity index (χ3v) is 1.76. The molecule has 0 bridgehead atoms. The standard InChI is InChI=1S/C8H12O/c1-2-8(9)6-4-3-5-7-8/h2-4,9H,1,5-7H2. The molecule has 1 aliphatic rings. The Morgan fingerprint density at radius 2 is 2.33 bits per heavy atom. The van der Waals surface area contributed by atoms with E-state index in [2.05, 4.69) is 12.7 Å². The molecule has 0 amide bonds. The van der Waals surface area contributed by atoms with Gasteiger partial charge in [-0.1, -0.05) is 18.2 Å². The zero-order chi connectivity index (χ0) is 6.74. The molecule has 0 radical (unpaired) electrons. The third kappa shape index (κ3) is 1.42. The molecule has 0 heterocycles. The van der Waals surface area contributed by atoms with Gasteiger partial charge in [0.2, 0.25) is 0 Å². The van der Waals surface area contributed by atoms with Crippen molar-refractivity contribution in [1.82, 2.24) is 0 Å². The van der Waals surface area contributed by atoms with Gasteiger partial charge in [-0.15, -0.1) is 6.58 Å². The zero-order valence-electron chi connectivity index (χ0n) is 5.51. The first-order valence-corrected chi connectivity index (χ1v) is 3.28. The van der Waals surface area contributed by atoms with Crippen LogP contribution in [-0.4, -0.2) is 10.7 Å². The summed E-state index contributed by atoms with van der Waals surface area (Å²) in [5.74, 6) is 0. The van der Waals surface area contributed by atoms with Crippen molar-refractivity contribution < 1.29 is 5.11 Å². The van der Waals surface area contributed by atoms with Crippen LogP contribution < -0.4 is 0 Å². The summed E-state index contributed by atoms with van der Waals surface area (Å²) >= 11 is 0. The molecule has 0 spiro atoms. The van der Waals surface area contributed by atoms with Gasteiger partial charge in [-0.2, -0.15) is 0 Å². The van der Waals surface area contributed by atoms with E-state index in [0.29, 0.717) is 0 Å². The molecule has 0 aromatic heterocycles. The summed E-state index contributed by atoms with van der Waals surface area (Å²) in [5.41, 5.74) is -0.602. The molecule has 1 N–H and O–H groups in total. The van der Waals surface area contributed by atoms with Gasteiger partial charge in [0.05, 0.1) is 5.60 Å². The molecule has 0 aromatic rings. The average Bonchev–Trinajstić information content (AvgIpc) is 1.90. The van der Waals surface area contributed by atoms with E-state index in [1.165, 1.54) is 0 Å². The molecule has 1 aliphatic carbocycles. The number of hydrogen-bond donors (Lipinski definition) is 1. The molecular weight excluding hydrogens is 112 g/mol. The molecule has 1 atom stereocenters. The van der Waals surface area contributed by atoms with Crippen molar-refractivity contribution in [3.8, 4) is 0 Å². The zero-order valence-corrected chi connectivity index (χ0v) is 5.51. The van der Waals surface area contributed by atoms with Gasteiger partial charge in [-0.25, -0.2) is 0 Å². The molecule has 0 aromatic carbocycles. The summed E-state index contributed by atoms with van der Waals surface area (Å²) in [4.78, 5) is 0. The van der Waals surface area contributed by atoms with Gasteiger partial charge < -0.3 is 5.11 Å². The van der Waals surface area contributed by atoms with Crippen molar-refractivity contribution in [2.75, 3.05) is 0 Å². The minimum Gasteiger partial charge on any atom is -0.385 e. The lowest BCUT2D eigenvalue weighted by Gasteiger charge is -2.24. The van der Waals surface area contributed by atoms with Crippen LogP contribution in [0.2, 0.25) is 0 Å². The van der Waals surface area contributed by atoms with Gasteiger partial charge in [0.1, 0.15) is 0 Å². The van der Waals surface area contributed by atoms with Crippen LogP contribution in [0.25, 0.3) is 0 Å². The van der Waals surface area contributed by atoms with E-state index < -0.39 is 5.60 Å². The van der Waals surface area contributed by atoms with Crippen LogP contribution >= 0.6 is 0 Å². The van der Waals surface area contributed by atoms with Crippen LogP contribution in [-0.2, 0) is 0 Å². The van der Waals surface area contributed by atoms with Crippen molar-refractivity contribution in [3.05, 3.63) is 24.8 Å². The minimum atomic E-state index is -0.602. The van der Waals surface area contributed by atoms with Crippen LogP contribution in [0.5, 0.6) is 0 Å². The number of aliphatic hydroxyl groups is 1. The second-order valence-electron chi connectivity index (χ2n) is 2.52. The molecule has 0 aliphatic heterocycles. The van der Waals surface area contributed by atoms with E-state index in [0.717, 1.165) is 19.3 Å². The summed E-state index contributed by atoms with van der Waals surface area (Å²) < 4.78 is 0. The Bertz CT molecular complexity index is 138. The molecule has 0 saturated carbocycles. The quantitative estimate of drug-likeness (QED) is 0.527. The largest absolute Gasteiger partial charge is 0.385 e. The number of hydrogen-bond acceptors (Lipinski definition) is 1. The molecule has 50 valence electrons. The van der Waals surface area contributed by atoms with E-state index in [-0.39, 0.29) is 0 Å². The van der Waals surface area contributed by atoms with E-state index in [1.54, 1.807) is 6.08 Å². The predicted molar refractivity (Wildman–Crippen MR) is 38.1 cm³/mol. The fraction of sp³-hybridized carbons (Fsp3) is 0.500. The van der Waals surface area contributed by atoms with Crippen LogP contribution in [0, 0.1) is 0 Å². The Balaban J connectivity index is 2.60. The lowest BCUT2D eigenvalue weighted by atomic mass is 9.90. The van der Waals surface area contributed by atoms with Gasteiger partial charge in [0.15, 0.2) is 0 Å². The first-order valence-electron chi connectivity index (χ1n) is 3.28. The Morgan fingerprint density at radius 3 is 2.67 bits per heavy atom. The van der Waals surface area contributed by atoms with E-state index in [9.17, 15) is 5.11 Å². The van der Waals surface area contributed by atoms with Crippen molar-refractivity contribution in [2.45, 2.75) is 24.9 Å². The maximum Gasteiger partial charge on any atom is 0.0862 e. The lowest BCUT2D eigenvalue weighted by Crippen LogP contribution is -2.25. The number of rotatable bonds is 1. The SMILES string of the molecule is C=CC1(O)CC=CCC1. The molecule has 1 unspecified atom stereocenters. The van der Waals surface area contributed by atoms with E-state index >= 15 is 0 Å². The molecule has 1 rings (SSSR count). The van der Waals surface area contributed by atoms with Crippen molar-refractivity contribution in [2.24, 2.45) is 0 Å². The highest BCUT2D eigenvalue weighted by molar-refractivity contribution is 5.06. The van der Waals surface area contributed by atoms with Crippen LogP contribution in [0.15, 0.2) is 24.8 Å². The van der Waals surface area contributed by atoms with Crippen molar-refractivity contribution >= 4 is 0 Å². The predicted octanol–water partition coefficient (Wildman–Crippen LogP) is 1.64. The summed E-state index contributed by atoms with van der Waals surface area (Å²) in [6, 6.07) is 0. The molecule has 0 saturated heterocycles. The second-order valence-corrected chi connectivity index (χ2v) is 2.52. The monoisotopic (exact) mass is 124 g/mol. The first-order chi connectivity index (χ1) is 4.27. The van der Waals surface area contributed by atoms with E-state index in [4.69, 9.17) is 0 Å². The first kappa shape index (κ1) is 6.56. The highest BCUT2D eigenvalue weighted by atomic mass is 16.3. The molecule has 1 nitrogen and oxygen atoms in total. The average molecular weight is 124 g/mol. The summed E-state index contributed by atoms with van der Waals surface area (Å²) in [5, 5.41) is 9.51. The van der Waals surface area contributed by atoms with Crippen LogP contribution in [0.1, 0.15) is 19.3 Å². The Hall–Kier alpha value is -0.560. The molecular formula is C8H12O. The Morgan fingerprint density at radius 1 is 1.56 bits per heavy atom. The van der Waals surface area contributed by atoms with Gasteiger partial charge in [0, 0.05) is 0 Å². The second kappa shape index (κ2) is 2.36. The van der Waals surface area contributed by atoms with Crippen molar-refractivity contribution in [1.29, 1.82) is 0 Å². The fourth-order valence-electron chi connectivity index (χ4n) is 1.03. The lowest BCUT2D eigenvalue weighted by molar-refractivity contribution is 0.0820. The number of allylic oxidation sites excluding steroid dienone is 1. The third-order valence-electron chi connectivity index (χ3n) is 1.76. The van der Waals surface area contributed by atoms with Crippen molar-refractivity contribution in [3.63, 3.8) is 0 Å². The Kier molecular flexibility index (Phi) is 1.72. The topological polar surface area (TPSA) is 20.2 Å². The van der Waals surface area contributed by atoms with Gasteiger partial charge >= 0.3 is 0 Å². The van der Waals surface area contributed by atoms with Crippen LogP contribution in [0.3, 0.4) is 0 Å². The molecule has 0 fully saturated rings.